The first-order valence-corrected chi connectivity index (χ1v) is 5.95. The van der Waals surface area contributed by atoms with E-state index in [0.717, 1.165) is 22.9 Å². The Morgan fingerprint density at radius 2 is 2.06 bits per heavy atom. The lowest BCUT2D eigenvalue weighted by molar-refractivity contribution is -0.122. The number of alkyl halides is 3. The summed E-state index contributed by atoms with van der Waals surface area (Å²) in [4.78, 5) is 0.607. The van der Waals surface area contributed by atoms with Gasteiger partial charge in [0.25, 0.3) is 0 Å². The van der Waals surface area contributed by atoms with E-state index in [4.69, 9.17) is 5.11 Å². The maximum Gasteiger partial charge on any atom is 0.404 e. The summed E-state index contributed by atoms with van der Waals surface area (Å²) in [7, 11) is 0. The maximum atomic E-state index is 12.8. The van der Waals surface area contributed by atoms with Gasteiger partial charge in [-0.25, -0.2) is 0 Å². The van der Waals surface area contributed by atoms with Gasteiger partial charge in [0, 0.05) is 4.90 Å². The molecule has 1 N–H and O–H groups in total. The number of hydrogen-bond acceptors (Lipinski definition) is 2. The molecule has 1 nitrogen and oxygen atoms in total. The van der Waals surface area contributed by atoms with Crippen LogP contribution in [-0.2, 0) is 0 Å². The summed E-state index contributed by atoms with van der Waals surface area (Å²) in [6.45, 7) is 1.32. The second kappa shape index (κ2) is 4.38. The summed E-state index contributed by atoms with van der Waals surface area (Å²) >= 11 is 0.752. The lowest BCUT2D eigenvalue weighted by Crippen LogP contribution is -2.30. The van der Waals surface area contributed by atoms with Gasteiger partial charge in [0.1, 0.15) is 5.25 Å². The number of thioether (sulfide) groups is 1. The molecule has 5 heteroatoms. The second-order valence-corrected chi connectivity index (χ2v) is 5.11. The molecule has 1 aromatic carbocycles. The fourth-order valence-electron chi connectivity index (χ4n) is 1.77. The zero-order valence-corrected chi connectivity index (χ0v) is 9.90. The summed E-state index contributed by atoms with van der Waals surface area (Å²) in [6, 6.07) is 5.31. The molecule has 1 aromatic rings. The Morgan fingerprint density at radius 1 is 1.35 bits per heavy atom. The largest absolute Gasteiger partial charge is 0.404 e. The summed E-state index contributed by atoms with van der Waals surface area (Å²) in [5.74, 6) is 0. The molecule has 2 rings (SSSR count). The normalized spacial score (nSPS) is 19.8. The number of fused-ring (bicyclic) bond motifs is 1. The Balaban J connectivity index is 2.45. The van der Waals surface area contributed by atoms with Crippen molar-refractivity contribution in [1.82, 2.24) is 0 Å². The van der Waals surface area contributed by atoms with Crippen LogP contribution in [0.4, 0.5) is 13.2 Å². The quantitative estimate of drug-likeness (QED) is 0.835. The van der Waals surface area contributed by atoms with Crippen LogP contribution in [0.1, 0.15) is 11.1 Å². The van der Waals surface area contributed by atoms with Crippen LogP contribution in [-0.4, -0.2) is 23.1 Å². The monoisotopic (exact) mass is 260 g/mol. The number of aliphatic hydroxyl groups is 1. The van der Waals surface area contributed by atoms with Crippen molar-refractivity contribution in [3.8, 4) is 0 Å². The number of rotatable bonds is 1. The minimum atomic E-state index is -4.33. The highest BCUT2D eigenvalue weighted by atomic mass is 32.2. The van der Waals surface area contributed by atoms with Crippen molar-refractivity contribution in [2.24, 2.45) is 0 Å². The standard InChI is InChI=1S/C12H11F3OS/c1-7-2-3-10-8(4-7)5-9(6-16)11(17-10)12(13,14)15/h2-5,11,16H,6H2,1H3. The SMILES string of the molecule is Cc1ccc2c(c1)C=C(CO)C(C(F)(F)F)S2. The first kappa shape index (κ1) is 12.5. The smallest absolute Gasteiger partial charge is 0.392 e. The average molecular weight is 260 g/mol. The Kier molecular flexibility index (Phi) is 3.23. The lowest BCUT2D eigenvalue weighted by Gasteiger charge is -2.26. The molecule has 1 atom stereocenters. The maximum absolute atomic E-state index is 12.8. The van der Waals surface area contributed by atoms with E-state index in [2.05, 4.69) is 0 Å². The van der Waals surface area contributed by atoms with Gasteiger partial charge in [-0.1, -0.05) is 23.8 Å². The van der Waals surface area contributed by atoms with Crippen molar-refractivity contribution >= 4 is 17.8 Å². The predicted molar refractivity (Wildman–Crippen MR) is 61.9 cm³/mol. The van der Waals surface area contributed by atoms with Crippen LogP contribution in [0, 0.1) is 6.92 Å². The molecule has 0 radical (unpaired) electrons. The van der Waals surface area contributed by atoms with E-state index in [1.165, 1.54) is 6.08 Å². The number of halogens is 3. The van der Waals surface area contributed by atoms with E-state index in [9.17, 15) is 13.2 Å². The molecule has 1 unspecified atom stereocenters. The highest BCUT2D eigenvalue weighted by Gasteiger charge is 2.44. The molecule has 0 saturated heterocycles. The molecule has 0 aliphatic carbocycles. The molecular weight excluding hydrogens is 249 g/mol. The molecular formula is C12H11F3OS. The molecule has 1 heterocycles. The van der Waals surface area contributed by atoms with Crippen molar-refractivity contribution in [3.05, 3.63) is 34.9 Å². The summed E-state index contributed by atoms with van der Waals surface area (Å²) in [5, 5.41) is 7.40. The van der Waals surface area contributed by atoms with Crippen LogP contribution in [0.15, 0.2) is 28.7 Å². The first-order valence-electron chi connectivity index (χ1n) is 5.07. The predicted octanol–water partition coefficient (Wildman–Crippen LogP) is 3.41. The van der Waals surface area contributed by atoms with E-state index < -0.39 is 18.0 Å². The number of aryl methyl sites for hydroxylation is 1. The summed E-state index contributed by atoms with van der Waals surface area (Å²) in [5.41, 5.74) is 1.75. The number of benzene rings is 1. The van der Waals surface area contributed by atoms with Gasteiger partial charge in [-0.15, -0.1) is 11.8 Å². The van der Waals surface area contributed by atoms with E-state index in [0.29, 0.717) is 4.90 Å². The van der Waals surface area contributed by atoms with Gasteiger partial charge in [-0.2, -0.15) is 13.2 Å². The van der Waals surface area contributed by atoms with Gasteiger partial charge in [0.15, 0.2) is 0 Å². The summed E-state index contributed by atoms with van der Waals surface area (Å²) in [6.07, 6.45) is -2.89. The van der Waals surface area contributed by atoms with Crippen LogP contribution in [0.3, 0.4) is 0 Å². The Bertz CT molecular complexity index is 465. The van der Waals surface area contributed by atoms with Crippen LogP contribution in [0.5, 0.6) is 0 Å². The third-order valence-electron chi connectivity index (χ3n) is 2.57. The van der Waals surface area contributed by atoms with Crippen LogP contribution >= 0.6 is 11.8 Å². The van der Waals surface area contributed by atoms with E-state index in [-0.39, 0.29) is 5.57 Å². The van der Waals surface area contributed by atoms with Gasteiger partial charge in [0.2, 0.25) is 0 Å². The zero-order valence-electron chi connectivity index (χ0n) is 9.08. The molecule has 0 amide bonds. The van der Waals surface area contributed by atoms with Crippen LogP contribution in [0.25, 0.3) is 6.08 Å². The second-order valence-electron chi connectivity index (χ2n) is 3.96. The molecule has 0 fully saturated rings. The lowest BCUT2D eigenvalue weighted by atomic mass is 10.1. The van der Waals surface area contributed by atoms with E-state index in [1.54, 1.807) is 12.1 Å². The highest BCUT2D eigenvalue weighted by Crippen LogP contribution is 2.44. The van der Waals surface area contributed by atoms with Crippen molar-refractivity contribution in [2.45, 2.75) is 23.2 Å². The van der Waals surface area contributed by atoms with Crippen molar-refractivity contribution < 1.29 is 18.3 Å². The van der Waals surface area contributed by atoms with Gasteiger partial charge < -0.3 is 5.11 Å². The van der Waals surface area contributed by atoms with Gasteiger partial charge in [-0.3, -0.25) is 0 Å². The molecule has 1 aliphatic heterocycles. The molecule has 17 heavy (non-hydrogen) atoms. The van der Waals surface area contributed by atoms with Crippen LogP contribution in [0.2, 0.25) is 0 Å². The minimum absolute atomic E-state index is 0.0144. The molecule has 0 aromatic heterocycles. The van der Waals surface area contributed by atoms with E-state index in [1.807, 2.05) is 13.0 Å². The highest BCUT2D eigenvalue weighted by molar-refractivity contribution is 8.00. The van der Waals surface area contributed by atoms with Crippen molar-refractivity contribution in [3.63, 3.8) is 0 Å². The topological polar surface area (TPSA) is 20.2 Å². The van der Waals surface area contributed by atoms with Gasteiger partial charge in [-0.05, 0) is 24.1 Å². The molecule has 1 aliphatic rings. The minimum Gasteiger partial charge on any atom is -0.392 e. The molecule has 0 bridgehead atoms. The van der Waals surface area contributed by atoms with Crippen molar-refractivity contribution in [2.75, 3.05) is 6.61 Å². The van der Waals surface area contributed by atoms with Crippen molar-refractivity contribution in [1.29, 1.82) is 0 Å². The average Bonchev–Trinajstić information content (AvgIpc) is 2.25. The first-order chi connectivity index (χ1) is 7.91. The molecule has 92 valence electrons. The summed E-state index contributed by atoms with van der Waals surface area (Å²) < 4.78 is 38.3. The zero-order chi connectivity index (χ0) is 12.6. The number of aliphatic hydroxyl groups excluding tert-OH is 1. The number of hydrogen-bond donors (Lipinski definition) is 1. The Labute approximate surface area is 101 Å². The van der Waals surface area contributed by atoms with Gasteiger partial charge in [0.05, 0.1) is 6.61 Å². The molecule has 0 spiro atoms. The Morgan fingerprint density at radius 3 is 2.65 bits per heavy atom. The third kappa shape index (κ3) is 2.50. The van der Waals surface area contributed by atoms with Gasteiger partial charge >= 0.3 is 6.18 Å². The fraction of sp³-hybridized carbons (Fsp3) is 0.333. The van der Waals surface area contributed by atoms with Crippen LogP contribution < -0.4 is 0 Å². The van der Waals surface area contributed by atoms with E-state index >= 15 is 0 Å². The fourth-order valence-corrected chi connectivity index (χ4v) is 2.85. The molecule has 0 saturated carbocycles. The Hall–Kier alpha value is -0.940. The third-order valence-corrected chi connectivity index (χ3v) is 4.00.